The number of amides is 4. The summed E-state index contributed by atoms with van der Waals surface area (Å²) in [7, 11) is 0. The molecule has 22 heteroatoms. The van der Waals surface area contributed by atoms with Gasteiger partial charge < -0.3 is 49.6 Å². The van der Waals surface area contributed by atoms with Crippen molar-refractivity contribution in [1.29, 1.82) is 0 Å². The number of ether oxygens (including phenoxy) is 4. The number of hydrogen-bond acceptors (Lipinski definition) is 10. The summed E-state index contributed by atoms with van der Waals surface area (Å²) in [6, 6.07) is 38.5. The number of carbonyl (C=O) groups is 4. The highest BCUT2D eigenvalue weighted by Crippen LogP contribution is 2.39. The zero-order chi connectivity index (χ0) is 58.2. The number of nitrogens with zero attached hydrogens (tertiary/aromatic N) is 2. The molecule has 9 rings (SSSR count). The summed E-state index contributed by atoms with van der Waals surface area (Å²) in [6.45, 7) is 4.25. The van der Waals surface area contributed by atoms with Crippen LogP contribution in [0.4, 0.5) is 26.3 Å². The van der Waals surface area contributed by atoms with Gasteiger partial charge in [0.05, 0.1) is 12.1 Å². The van der Waals surface area contributed by atoms with Crippen LogP contribution in [0, 0.1) is 0 Å². The van der Waals surface area contributed by atoms with E-state index >= 15 is 0 Å². The summed E-state index contributed by atoms with van der Waals surface area (Å²) < 4.78 is 96.7. The molecule has 0 radical (unpaired) electrons. The second kappa shape index (κ2) is 25.7. The van der Waals surface area contributed by atoms with Gasteiger partial charge in [-0.15, -0.1) is 26.3 Å². The number of alkyl halides is 6. The van der Waals surface area contributed by atoms with E-state index in [2.05, 4.69) is 20.1 Å². The second-order valence-corrected chi connectivity index (χ2v) is 20.6. The number of aliphatic hydroxyl groups excluding tert-OH is 2. The Labute approximate surface area is 472 Å². The molecule has 0 aliphatic carbocycles. The standard InChI is InChI=1S/C31H30ClF3N2O5.C28H26ClF3N2O5/c1-30(2)41-26(27(42-30)29(39)37-16-6-10-24(37)21-7-5-8-22(32)17-21)28(38)36-18-19-12-14-20(15-13-19)23-9-3-4-11-25(23)40-31(33,34)35;29-20-6-3-5-19(15-20)22-8-4-14-34(22)27(38)25(36)24(35)26(37)33-16-17-10-12-18(13-11-17)21-7-1-2-9-23(21)39-28(30,31)32/h3-5,7-9,11-15,17,24,26-27H,6,10,16,18H2,1-2H3,(H,36,38);1-3,5-7,9-13,15,22,24-25,35-36H,4,8,14,16H2,(H,33,37)/t24-,26-,27-;22-,24-,25-/m11/s1. The molecule has 14 nitrogen and oxygen atoms in total. The number of halogens is 8. The molecule has 0 saturated carbocycles. The molecule has 3 aliphatic rings. The first-order chi connectivity index (χ1) is 38.4. The molecule has 3 heterocycles. The van der Waals surface area contributed by atoms with E-state index in [1.807, 2.05) is 24.3 Å². The van der Waals surface area contributed by atoms with Gasteiger partial charge in [0, 0.05) is 47.4 Å². The maximum absolute atomic E-state index is 13.7. The molecule has 428 valence electrons. The lowest BCUT2D eigenvalue weighted by Crippen LogP contribution is -2.50. The molecule has 0 aromatic heterocycles. The SMILES string of the molecule is CC1(C)O[C@@H](C(=O)NCc2ccc(-c3ccccc3OC(F)(F)F)cc2)[C@H](C(=O)N2CCC[C@@H]2c2cccc(Cl)c2)O1.O=C(NCc1ccc(-c2ccccc2OC(F)(F)F)cc1)[C@H](O)[C@@H](O)C(=O)N1CCC[C@@H]1c1cccc(Cl)c1. The normalized spacial score (nSPS) is 19.5. The summed E-state index contributed by atoms with van der Waals surface area (Å²) in [5, 5.41) is 27.2. The minimum absolute atomic E-state index is 0.0490. The van der Waals surface area contributed by atoms with Gasteiger partial charge in [0.1, 0.15) is 11.5 Å². The van der Waals surface area contributed by atoms with Crippen molar-refractivity contribution in [3.8, 4) is 33.8 Å². The summed E-state index contributed by atoms with van der Waals surface area (Å²) in [5.41, 5.74) is 4.50. The first-order valence-corrected chi connectivity index (χ1v) is 26.5. The summed E-state index contributed by atoms with van der Waals surface area (Å²) in [4.78, 5) is 55.6. The van der Waals surface area contributed by atoms with Crippen LogP contribution >= 0.6 is 23.2 Å². The topological polar surface area (TPSA) is 176 Å². The van der Waals surface area contributed by atoms with Crippen LogP contribution in [0.5, 0.6) is 11.5 Å². The van der Waals surface area contributed by atoms with Crippen LogP contribution in [-0.4, -0.2) is 99.7 Å². The van der Waals surface area contributed by atoms with Gasteiger partial charge in [-0.3, -0.25) is 19.2 Å². The van der Waals surface area contributed by atoms with E-state index in [0.717, 1.165) is 24.0 Å². The van der Waals surface area contributed by atoms with E-state index in [0.29, 0.717) is 58.2 Å². The van der Waals surface area contributed by atoms with Crippen LogP contribution < -0.4 is 20.1 Å². The number of rotatable bonds is 15. The van der Waals surface area contributed by atoms with Crippen LogP contribution in [0.25, 0.3) is 22.3 Å². The maximum atomic E-state index is 13.7. The zero-order valence-electron chi connectivity index (χ0n) is 43.6. The number of likely N-dealkylation sites (tertiary alicyclic amines) is 2. The third kappa shape index (κ3) is 15.6. The van der Waals surface area contributed by atoms with Crippen LogP contribution in [0.1, 0.15) is 73.9 Å². The van der Waals surface area contributed by atoms with Gasteiger partial charge in [0.2, 0.25) is 0 Å². The Bertz CT molecular complexity index is 3190. The Balaban J connectivity index is 0.000000213. The Morgan fingerprint density at radius 2 is 1.05 bits per heavy atom. The van der Waals surface area contributed by atoms with Crippen molar-refractivity contribution >= 4 is 46.8 Å². The molecule has 4 amide bonds. The zero-order valence-corrected chi connectivity index (χ0v) is 45.1. The lowest BCUT2D eigenvalue weighted by atomic mass is 10.0. The highest BCUT2D eigenvalue weighted by atomic mass is 35.5. The second-order valence-electron chi connectivity index (χ2n) is 19.8. The van der Waals surface area contributed by atoms with Crippen molar-refractivity contribution in [2.45, 2.75) is 108 Å². The lowest BCUT2D eigenvalue weighted by molar-refractivity contribution is -0.275. The van der Waals surface area contributed by atoms with Gasteiger partial charge in [-0.2, -0.15) is 0 Å². The fraction of sp³-hybridized carbons (Fsp3) is 0.322. The summed E-state index contributed by atoms with van der Waals surface area (Å²) in [6.07, 6.45) is -13.0. The molecular formula is C59H56Cl2F6N4O10. The van der Waals surface area contributed by atoms with Gasteiger partial charge in [0.15, 0.2) is 30.2 Å². The summed E-state index contributed by atoms with van der Waals surface area (Å²) >= 11 is 12.3. The number of benzene rings is 6. The van der Waals surface area contributed by atoms with Crippen LogP contribution in [0.2, 0.25) is 10.0 Å². The van der Waals surface area contributed by atoms with Gasteiger partial charge in [-0.25, -0.2) is 0 Å². The van der Waals surface area contributed by atoms with Crippen LogP contribution in [0.15, 0.2) is 146 Å². The van der Waals surface area contributed by atoms with Crippen molar-refractivity contribution in [3.05, 3.63) is 178 Å². The first-order valence-electron chi connectivity index (χ1n) is 25.7. The van der Waals surface area contributed by atoms with Crippen molar-refractivity contribution in [3.63, 3.8) is 0 Å². The molecule has 0 unspecified atom stereocenters. The van der Waals surface area contributed by atoms with Gasteiger partial charge in [-0.1, -0.05) is 132 Å². The third-order valence-corrected chi connectivity index (χ3v) is 14.1. The average Bonchev–Trinajstić information content (AvgIpc) is 4.37. The van der Waals surface area contributed by atoms with E-state index in [1.54, 1.807) is 104 Å². The molecule has 81 heavy (non-hydrogen) atoms. The van der Waals surface area contributed by atoms with Crippen molar-refractivity contribution in [2.75, 3.05) is 13.1 Å². The quantitative estimate of drug-likeness (QED) is 0.0724. The molecule has 3 saturated heterocycles. The number of aliphatic hydroxyl groups is 2. The number of hydrogen-bond donors (Lipinski definition) is 4. The molecule has 4 N–H and O–H groups in total. The van der Waals surface area contributed by atoms with Crippen LogP contribution in [0.3, 0.4) is 0 Å². The molecule has 6 aromatic rings. The van der Waals surface area contributed by atoms with Crippen molar-refractivity contribution in [1.82, 2.24) is 20.4 Å². The van der Waals surface area contributed by atoms with Crippen LogP contribution in [-0.2, 0) is 41.7 Å². The molecular weight excluding hydrogens is 1110 g/mol. The van der Waals surface area contributed by atoms with Gasteiger partial charge in [0.25, 0.3) is 23.6 Å². The maximum Gasteiger partial charge on any atom is 0.573 e. The van der Waals surface area contributed by atoms with E-state index in [4.69, 9.17) is 32.7 Å². The van der Waals surface area contributed by atoms with E-state index in [9.17, 15) is 55.7 Å². The fourth-order valence-electron chi connectivity index (χ4n) is 9.95. The predicted molar refractivity (Wildman–Crippen MR) is 287 cm³/mol. The number of nitrogens with one attached hydrogen (secondary N) is 2. The summed E-state index contributed by atoms with van der Waals surface area (Å²) in [5.74, 6) is -4.34. The minimum Gasteiger partial charge on any atom is -0.405 e. The minimum atomic E-state index is -4.84. The average molecular weight is 1170 g/mol. The lowest BCUT2D eigenvalue weighted by Gasteiger charge is -2.28. The highest BCUT2D eigenvalue weighted by molar-refractivity contribution is 6.31. The van der Waals surface area contributed by atoms with Gasteiger partial charge >= 0.3 is 12.7 Å². The number of para-hydroxylation sites is 2. The van der Waals surface area contributed by atoms with Crippen molar-refractivity contribution < 1.29 is 74.7 Å². The smallest absolute Gasteiger partial charge is 0.405 e. The van der Waals surface area contributed by atoms with E-state index in [-0.39, 0.29) is 53.7 Å². The van der Waals surface area contributed by atoms with Gasteiger partial charge in [-0.05, 0) is 109 Å². The molecule has 0 bridgehead atoms. The van der Waals surface area contributed by atoms with E-state index < -0.39 is 60.6 Å². The molecule has 0 spiro atoms. The highest BCUT2D eigenvalue weighted by Gasteiger charge is 2.51. The Kier molecular flexibility index (Phi) is 19.0. The fourth-order valence-corrected chi connectivity index (χ4v) is 10.4. The van der Waals surface area contributed by atoms with E-state index in [1.165, 1.54) is 41.3 Å². The molecule has 3 fully saturated rings. The first kappa shape index (κ1) is 59.9. The largest absolute Gasteiger partial charge is 0.573 e. The molecule has 6 atom stereocenters. The predicted octanol–water partition coefficient (Wildman–Crippen LogP) is 11.0. The third-order valence-electron chi connectivity index (χ3n) is 13.6. The molecule has 6 aromatic carbocycles. The molecule has 3 aliphatic heterocycles. The Morgan fingerprint density at radius 1 is 0.605 bits per heavy atom. The Morgan fingerprint density at radius 3 is 1.53 bits per heavy atom. The number of carbonyl (C=O) groups excluding carboxylic acids is 4. The van der Waals surface area contributed by atoms with Crippen molar-refractivity contribution in [2.24, 2.45) is 0 Å². The Hall–Kier alpha value is -7.20. The monoisotopic (exact) mass is 1160 g/mol.